The SMILES string of the molecule is CC1CCCC1c1nc(C(N)COC2CCC2)no1. The highest BCUT2D eigenvalue weighted by Gasteiger charge is 2.30. The van der Waals surface area contributed by atoms with Crippen LogP contribution >= 0.6 is 0 Å². The molecule has 0 spiro atoms. The first-order chi connectivity index (χ1) is 9.24. The van der Waals surface area contributed by atoms with Crippen molar-refractivity contribution >= 4 is 0 Å². The van der Waals surface area contributed by atoms with E-state index in [0.29, 0.717) is 30.4 Å². The summed E-state index contributed by atoms with van der Waals surface area (Å²) in [6.45, 7) is 2.74. The predicted octanol–water partition coefficient (Wildman–Crippen LogP) is 2.54. The van der Waals surface area contributed by atoms with Crippen molar-refractivity contribution in [1.29, 1.82) is 0 Å². The van der Waals surface area contributed by atoms with Crippen LogP contribution in [0.25, 0.3) is 0 Å². The topological polar surface area (TPSA) is 74.2 Å². The van der Waals surface area contributed by atoms with E-state index in [1.54, 1.807) is 0 Å². The Morgan fingerprint density at radius 3 is 2.74 bits per heavy atom. The maximum absolute atomic E-state index is 6.06. The lowest BCUT2D eigenvalue weighted by atomic mass is 9.96. The Balaban J connectivity index is 1.56. The Kier molecular flexibility index (Phi) is 3.84. The van der Waals surface area contributed by atoms with E-state index in [4.69, 9.17) is 15.0 Å². The molecule has 1 heterocycles. The van der Waals surface area contributed by atoms with Gasteiger partial charge in [0.1, 0.15) is 0 Å². The van der Waals surface area contributed by atoms with E-state index in [2.05, 4.69) is 17.1 Å². The number of hydrogen-bond acceptors (Lipinski definition) is 5. The highest BCUT2D eigenvalue weighted by molar-refractivity contribution is 5.01. The minimum atomic E-state index is -0.269. The number of nitrogens with zero attached hydrogens (tertiary/aromatic N) is 2. The molecule has 5 heteroatoms. The summed E-state index contributed by atoms with van der Waals surface area (Å²) < 4.78 is 11.1. The highest BCUT2D eigenvalue weighted by atomic mass is 16.5. The molecule has 3 atom stereocenters. The molecule has 1 aromatic heterocycles. The van der Waals surface area contributed by atoms with Gasteiger partial charge in [0.15, 0.2) is 5.82 Å². The van der Waals surface area contributed by atoms with Gasteiger partial charge in [0.25, 0.3) is 0 Å². The van der Waals surface area contributed by atoms with Crippen molar-refractivity contribution in [2.45, 2.75) is 63.5 Å². The summed E-state index contributed by atoms with van der Waals surface area (Å²) in [6.07, 6.45) is 7.63. The van der Waals surface area contributed by atoms with Crippen molar-refractivity contribution in [2.24, 2.45) is 11.7 Å². The van der Waals surface area contributed by atoms with Crippen LogP contribution in [0.1, 0.15) is 69.1 Å². The van der Waals surface area contributed by atoms with Gasteiger partial charge in [-0.3, -0.25) is 0 Å². The van der Waals surface area contributed by atoms with Crippen molar-refractivity contribution in [3.63, 3.8) is 0 Å². The van der Waals surface area contributed by atoms with Gasteiger partial charge in [-0.25, -0.2) is 0 Å². The van der Waals surface area contributed by atoms with Crippen molar-refractivity contribution in [2.75, 3.05) is 6.61 Å². The van der Waals surface area contributed by atoms with Gasteiger partial charge >= 0.3 is 0 Å². The van der Waals surface area contributed by atoms with Crippen LogP contribution in [0.5, 0.6) is 0 Å². The molecule has 3 unspecified atom stereocenters. The highest BCUT2D eigenvalue weighted by Crippen LogP contribution is 2.38. The fraction of sp³-hybridized carbons (Fsp3) is 0.857. The summed E-state index contributed by atoms with van der Waals surface area (Å²) >= 11 is 0. The second kappa shape index (κ2) is 5.59. The van der Waals surface area contributed by atoms with E-state index < -0.39 is 0 Å². The van der Waals surface area contributed by atoms with Crippen molar-refractivity contribution < 1.29 is 9.26 Å². The van der Waals surface area contributed by atoms with Crippen LogP contribution in [0.15, 0.2) is 4.52 Å². The molecular formula is C14H23N3O2. The van der Waals surface area contributed by atoms with Gasteiger partial charge in [0.05, 0.1) is 18.8 Å². The molecule has 19 heavy (non-hydrogen) atoms. The average molecular weight is 265 g/mol. The molecule has 0 saturated heterocycles. The van der Waals surface area contributed by atoms with Crippen LogP contribution in [-0.2, 0) is 4.74 Å². The number of hydrogen-bond donors (Lipinski definition) is 1. The van der Waals surface area contributed by atoms with E-state index in [-0.39, 0.29) is 6.04 Å². The Morgan fingerprint density at radius 2 is 2.11 bits per heavy atom. The molecule has 0 aromatic carbocycles. The number of aromatic nitrogens is 2. The molecule has 2 aliphatic carbocycles. The summed E-state index contributed by atoms with van der Waals surface area (Å²) in [7, 11) is 0. The smallest absolute Gasteiger partial charge is 0.230 e. The number of ether oxygens (including phenoxy) is 1. The third-order valence-electron chi connectivity index (χ3n) is 4.53. The Labute approximate surface area is 113 Å². The molecule has 0 amide bonds. The first kappa shape index (κ1) is 13.1. The van der Waals surface area contributed by atoms with Gasteiger partial charge in [0.2, 0.25) is 5.89 Å². The third kappa shape index (κ3) is 2.82. The monoisotopic (exact) mass is 265 g/mol. The lowest BCUT2D eigenvalue weighted by Gasteiger charge is -2.26. The standard InChI is InChI=1S/C14H23N3O2/c1-9-4-2-7-11(9)14-16-13(17-19-14)12(15)8-18-10-5-3-6-10/h9-12H,2-8,15H2,1H3. The average Bonchev–Trinajstić information content (AvgIpc) is 2.94. The van der Waals surface area contributed by atoms with E-state index in [1.165, 1.54) is 19.3 Å². The molecule has 1 aromatic rings. The molecule has 3 rings (SSSR count). The van der Waals surface area contributed by atoms with Crippen molar-refractivity contribution in [3.8, 4) is 0 Å². The lowest BCUT2D eigenvalue weighted by Crippen LogP contribution is -2.27. The first-order valence-corrected chi connectivity index (χ1v) is 7.44. The van der Waals surface area contributed by atoms with E-state index in [0.717, 1.165) is 25.2 Å². The maximum Gasteiger partial charge on any atom is 0.230 e. The Morgan fingerprint density at radius 1 is 1.32 bits per heavy atom. The minimum absolute atomic E-state index is 0.269. The summed E-state index contributed by atoms with van der Waals surface area (Å²) in [6, 6.07) is -0.269. The zero-order chi connectivity index (χ0) is 13.2. The zero-order valence-corrected chi connectivity index (χ0v) is 11.5. The Hall–Kier alpha value is -0.940. The van der Waals surface area contributed by atoms with Crippen LogP contribution in [-0.4, -0.2) is 22.9 Å². The summed E-state index contributed by atoms with van der Waals surface area (Å²) in [5.41, 5.74) is 6.06. The Bertz CT molecular complexity index is 417. The fourth-order valence-corrected chi connectivity index (χ4v) is 2.91. The largest absolute Gasteiger partial charge is 0.376 e. The van der Waals surface area contributed by atoms with Crippen LogP contribution in [0, 0.1) is 5.92 Å². The molecule has 0 bridgehead atoms. The maximum atomic E-state index is 6.06. The van der Waals surface area contributed by atoms with Crippen molar-refractivity contribution in [1.82, 2.24) is 10.1 Å². The minimum Gasteiger partial charge on any atom is -0.376 e. The first-order valence-electron chi connectivity index (χ1n) is 7.44. The molecule has 5 nitrogen and oxygen atoms in total. The van der Waals surface area contributed by atoms with Gasteiger partial charge in [-0.1, -0.05) is 18.5 Å². The van der Waals surface area contributed by atoms with Gasteiger partial charge in [0, 0.05) is 5.92 Å². The summed E-state index contributed by atoms with van der Waals surface area (Å²) in [5, 5.41) is 4.03. The van der Waals surface area contributed by atoms with E-state index in [9.17, 15) is 0 Å². The summed E-state index contributed by atoms with van der Waals surface area (Å²) in [5.74, 6) is 2.41. The second-order valence-corrected chi connectivity index (χ2v) is 6.00. The van der Waals surface area contributed by atoms with Gasteiger partial charge in [-0.05, 0) is 38.0 Å². The normalized spacial score (nSPS) is 29.4. The summed E-state index contributed by atoms with van der Waals surface area (Å²) in [4.78, 5) is 4.48. The molecular weight excluding hydrogens is 242 g/mol. The number of rotatable bonds is 5. The number of nitrogens with two attached hydrogens (primary N) is 1. The van der Waals surface area contributed by atoms with Crippen LogP contribution in [0.4, 0.5) is 0 Å². The molecule has 2 fully saturated rings. The van der Waals surface area contributed by atoms with E-state index in [1.807, 2.05) is 0 Å². The third-order valence-corrected chi connectivity index (χ3v) is 4.53. The lowest BCUT2D eigenvalue weighted by molar-refractivity contribution is -0.00549. The van der Waals surface area contributed by atoms with Crippen LogP contribution in [0.3, 0.4) is 0 Å². The van der Waals surface area contributed by atoms with Crippen LogP contribution < -0.4 is 5.73 Å². The van der Waals surface area contributed by atoms with Gasteiger partial charge in [-0.15, -0.1) is 0 Å². The molecule has 2 N–H and O–H groups in total. The van der Waals surface area contributed by atoms with Gasteiger partial charge < -0.3 is 15.0 Å². The van der Waals surface area contributed by atoms with E-state index >= 15 is 0 Å². The quantitative estimate of drug-likeness (QED) is 0.885. The molecule has 106 valence electrons. The fourth-order valence-electron chi connectivity index (χ4n) is 2.91. The molecule has 2 saturated carbocycles. The second-order valence-electron chi connectivity index (χ2n) is 6.00. The molecule has 0 radical (unpaired) electrons. The van der Waals surface area contributed by atoms with Crippen LogP contribution in [0.2, 0.25) is 0 Å². The van der Waals surface area contributed by atoms with Gasteiger partial charge in [-0.2, -0.15) is 4.98 Å². The molecule has 2 aliphatic rings. The predicted molar refractivity (Wildman–Crippen MR) is 70.6 cm³/mol. The van der Waals surface area contributed by atoms with Crippen molar-refractivity contribution in [3.05, 3.63) is 11.7 Å². The molecule has 0 aliphatic heterocycles. The zero-order valence-electron chi connectivity index (χ0n) is 11.5.